The lowest BCUT2D eigenvalue weighted by Crippen LogP contribution is -2.39. The smallest absolute Gasteiger partial charge is 0.262 e. The van der Waals surface area contributed by atoms with E-state index in [1.54, 1.807) is 17.0 Å². The number of hydrogen-bond acceptors (Lipinski definition) is 5. The molecule has 0 radical (unpaired) electrons. The number of rotatable bonds is 6. The van der Waals surface area contributed by atoms with E-state index in [0.29, 0.717) is 24.3 Å². The monoisotopic (exact) mass is 384 g/mol. The number of likely N-dealkylation sites (tertiary alicyclic amines) is 1. The molecular formula is C17H25ClN4O2S. The summed E-state index contributed by atoms with van der Waals surface area (Å²) in [6.45, 7) is 3.11. The summed E-state index contributed by atoms with van der Waals surface area (Å²) in [6, 6.07) is 1.80. The molecule has 1 saturated heterocycles. The van der Waals surface area contributed by atoms with E-state index < -0.39 is 0 Å². The molecule has 1 fully saturated rings. The summed E-state index contributed by atoms with van der Waals surface area (Å²) in [7, 11) is 1.98. The van der Waals surface area contributed by atoms with Gasteiger partial charge in [-0.1, -0.05) is 0 Å². The van der Waals surface area contributed by atoms with Gasteiger partial charge < -0.3 is 10.2 Å². The molecule has 1 N–H and O–H groups in total. The van der Waals surface area contributed by atoms with Crippen LogP contribution in [0.25, 0.3) is 10.2 Å². The van der Waals surface area contributed by atoms with Crippen molar-refractivity contribution in [2.75, 3.05) is 26.7 Å². The number of aryl methyl sites for hydroxylation is 1. The topological polar surface area (TPSA) is 67.2 Å². The van der Waals surface area contributed by atoms with E-state index in [1.807, 2.05) is 17.3 Å². The lowest BCUT2D eigenvalue weighted by Gasteiger charge is -2.32. The average Bonchev–Trinajstić information content (AvgIpc) is 3.09. The Morgan fingerprint density at radius 2 is 2.16 bits per heavy atom. The van der Waals surface area contributed by atoms with Crippen LogP contribution in [-0.4, -0.2) is 47.0 Å². The van der Waals surface area contributed by atoms with Crippen molar-refractivity contribution in [3.8, 4) is 0 Å². The molecule has 2 aromatic heterocycles. The van der Waals surface area contributed by atoms with E-state index in [4.69, 9.17) is 0 Å². The van der Waals surface area contributed by atoms with Crippen LogP contribution in [0.1, 0.15) is 25.7 Å². The number of piperidine rings is 1. The van der Waals surface area contributed by atoms with Gasteiger partial charge in [0.05, 0.1) is 11.7 Å². The van der Waals surface area contributed by atoms with Crippen LogP contribution in [0, 0.1) is 5.92 Å². The van der Waals surface area contributed by atoms with Gasteiger partial charge in [-0.15, -0.1) is 23.7 Å². The third-order valence-electron chi connectivity index (χ3n) is 4.79. The summed E-state index contributed by atoms with van der Waals surface area (Å²) in [5.74, 6) is 0.855. The van der Waals surface area contributed by atoms with Crippen LogP contribution in [-0.2, 0) is 11.3 Å². The van der Waals surface area contributed by atoms with E-state index in [9.17, 15) is 9.59 Å². The van der Waals surface area contributed by atoms with Gasteiger partial charge in [-0.05, 0) is 50.2 Å². The fourth-order valence-corrected chi connectivity index (χ4v) is 3.97. The second-order valence-electron chi connectivity index (χ2n) is 6.35. The fourth-order valence-electron chi connectivity index (χ4n) is 3.25. The van der Waals surface area contributed by atoms with Crippen molar-refractivity contribution in [3.05, 3.63) is 28.1 Å². The van der Waals surface area contributed by atoms with Crippen LogP contribution in [0.4, 0.5) is 0 Å². The fraction of sp³-hybridized carbons (Fsp3) is 0.588. The van der Waals surface area contributed by atoms with Gasteiger partial charge in [0.2, 0.25) is 5.91 Å². The molecule has 138 valence electrons. The van der Waals surface area contributed by atoms with Crippen LogP contribution in [0.15, 0.2) is 22.6 Å². The van der Waals surface area contributed by atoms with Crippen LogP contribution < -0.4 is 10.9 Å². The maximum atomic E-state index is 12.4. The molecule has 1 aliphatic heterocycles. The molecule has 0 bridgehead atoms. The maximum absolute atomic E-state index is 12.4. The summed E-state index contributed by atoms with van der Waals surface area (Å²) in [5.41, 5.74) is -0.0557. The number of halogens is 1. The number of amides is 1. The second kappa shape index (κ2) is 9.31. The molecule has 0 atom stereocenters. The van der Waals surface area contributed by atoms with Crippen LogP contribution in [0.5, 0.6) is 0 Å². The molecule has 1 aliphatic rings. The van der Waals surface area contributed by atoms with Gasteiger partial charge >= 0.3 is 0 Å². The molecule has 3 rings (SSSR count). The van der Waals surface area contributed by atoms with Crippen molar-refractivity contribution in [2.45, 2.75) is 32.2 Å². The molecule has 6 nitrogen and oxygen atoms in total. The van der Waals surface area contributed by atoms with Crippen molar-refractivity contribution < 1.29 is 4.79 Å². The molecule has 0 saturated carbocycles. The Labute approximate surface area is 157 Å². The minimum Gasteiger partial charge on any atom is -0.343 e. The van der Waals surface area contributed by atoms with Crippen molar-refractivity contribution in [2.24, 2.45) is 5.92 Å². The van der Waals surface area contributed by atoms with E-state index in [0.717, 1.165) is 37.3 Å². The SMILES string of the molecule is CNCCC1CCN(C(=O)CCn2cnc3sccc3c2=O)CC1.Cl. The summed E-state index contributed by atoms with van der Waals surface area (Å²) in [5, 5.41) is 5.69. The lowest BCUT2D eigenvalue weighted by atomic mass is 9.93. The average molecular weight is 385 g/mol. The first-order chi connectivity index (χ1) is 11.7. The Bertz CT molecular complexity index is 752. The minimum atomic E-state index is -0.0557. The number of nitrogens with one attached hydrogen (secondary N) is 1. The Morgan fingerprint density at radius 3 is 2.88 bits per heavy atom. The number of carbonyl (C=O) groups excluding carboxylic acids is 1. The molecule has 0 aliphatic carbocycles. The molecule has 2 aromatic rings. The van der Waals surface area contributed by atoms with Crippen LogP contribution in [0.2, 0.25) is 0 Å². The van der Waals surface area contributed by atoms with E-state index in [2.05, 4.69) is 10.3 Å². The van der Waals surface area contributed by atoms with E-state index >= 15 is 0 Å². The van der Waals surface area contributed by atoms with Gasteiger partial charge in [0.15, 0.2) is 0 Å². The Balaban J connectivity index is 0.00000225. The molecule has 0 aromatic carbocycles. The zero-order valence-electron chi connectivity index (χ0n) is 14.4. The highest BCUT2D eigenvalue weighted by molar-refractivity contribution is 7.16. The van der Waals surface area contributed by atoms with Crippen molar-refractivity contribution in [1.29, 1.82) is 0 Å². The highest BCUT2D eigenvalue weighted by atomic mass is 35.5. The standard InChI is InChI=1S/C17H24N4O2S.ClH/c1-18-7-2-13-3-8-20(9-4-13)15(22)5-10-21-12-19-16-14(17(21)23)6-11-24-16;/h6,11-13,18H,2-5,7-10H2,1H3;1H. The molecule has 1 amide bonds. The van der Waals surface area contributed by atoms with Crippen LogP contribution in [0.3, 0.4) is 0 Å². The van der Waals surface area contributed by atoms with Gasteiger partial charge in [0, 0.05) is 26.1 Å². The van der Waals surface area contributed by atoms with Gasteiger partial charge in [-0.2, -0.15) is 0 Å². The summed E-state index contributed by atoms with van der Waals surface area (Å²) in [6.07, 6.45) is 5.25. The van der Waals surface area contributed by atoms with Gasteiger partial charge in [0.1, 0.15) is 4.83 Å². The van der Waals surface area contributed by atoms with Crippen molar-refractivity contribution >= 4 is 39.9 Å². The zero-order valence-corrected chi connectivity index (χ0v) is 16.1. The number of fused-ring (bicyclic) bond motifs is 1. The maximum Gasteiger partial charge on any atom is 0.262 e. The first kappa shape index (κ1) is 19.9. The normalized spacial score (nSPS) is 15.3. The molecule has 8 heteroatoms. The minimum absolute atomic E-state index is 0. The largest absolute Gasteiger partial charge is 0.343 e. The van der Waals surface area contributed by atoms with E-state index in [-0.39, 0.29) is 23.9 Å². The summed E-state index contributed by atoms with van der Waals surface area (Å²) >= 11 is 1.46. The number of carbonyl (C=O) groups is 1. The van der Waals surface area contributed by atoms with E-state index in [1.165, 1.54) is 17.8 Å². The Hall–Kier alpha value is -1.44. The zero-order chi connectivity index (χ0) is 16.9. The predicted molar refractivity (Wildman–Crippen MR) is 104 cm³/mol. The van der Waals surface area contributed by atoms with Gasteiger partial charge in [-0.3, -0.25) is 14.2 Å². The molecule has 0 unspecified atom stereocenters. The first-order valence-corrected chi connectivity index (χ1v) is 9.42. The molecule has 0 spiro atoms. The summed E-state index contributed by atoms with van der Waals surface area (Å²) in [4.78, 5) is 31.7. The molecule has 25 heavy (non-hydrogen) atoms. The second-order valence-corrected chi connectivity index (χ2v) is 7.24. The number of thiophene rings is 1. The number of hydrogen-bond donors (Lipinski definition) is 1. The van der Waals surface area contributed by atoms with Crippen molar-refractivity contribution in [3.63, 3.8) is 0 Å². The molecule has 3 heterocycles. The third-order valence-corrected chi connectivity index (χ3v) is 5.61. The Morgan fingerprint density at radius 1 is 1.40 bits per heavy atom. The van der Waals surface area contributed by atoms with Gasteiger partial charge in [0.25, 0.3) is 5.56 Å². The highest BCUT2D eigenvalue weighted by Gasteiger charge is 2.22. The Kier molecular flexibility index (Phi) is 7.40. The first-order valence-electron chi connectivity index (χ1n) is 8.54. The van der Waals surface area contributed by atoms with Crippen molar-refractivity contribution in [1.82, 2.24) is 19.8 Å². The lowest BCUT2D eigenvalue weighted by molar-refractivity contribution is -0.132. The summed E-state index contributed by atoms with van der Waals surface area (Å²) < 4.78 is 1.55. The van der Waals surface area contributed by atoms with Crippen LogP contribution >= 0.6 is 23.7 Å². The molecular weight excluding hydrogens is 360 g/mol. The van der Waals surface area contributed by atoms with Gasteiger partial charge in [-0.25, -0.2) is 4.98 Å². The number of nitrogens with zero attached hydrogens (tertiary/aromatic N) is 3. The highest BCUT2D eigenvalue weighted by Crippen LogP contribution is 2.20. The predicted octanol–water partition coefficient (Wildman–Crippen LogP) is 2.12. The quantitative estimate of drug-likeness (QED) is 0.828. The third kappa shape index (κ3) is 4.80. The number of aromatic nitrogens is 2.